The van der Waals surface area contributed by atoms with E-state index in [9.17, 15) is 4.79 Å². The van der Waals surface area contributed by atoms with E-state index in [4.69, 9.17) is 0 Å². The van der Waals surface area contributed by atoms with Gasteiger partial charge >= 0.3 is 0 Å². The van der Waals surface area contributed by atoms with E-state index in [1.807, 2.05) is 72.5 Å². The van der Waals surface area contributed by atoms with Crippen LogP contribution in [0.2, 0.25) is 0 Å². The van der Waals surface area contributed by atoms with Crippen molar-refractivity contribution in [1.82, 2.24) is 9.88 Å². The van der Waals surface area contributed by atoms with Crippen LogP contribution < -0.4 is 0 Å². The summed E-state index contributed by atoms with van der Waals surface area (Å²) in [5, 5.41) is 1.07. The van der Waals surface area contributed by atoms with E-state index < -0.39 is 0 Å². The highest BCUT2D eigenvalue weighted by Gasteiger charge is 2.16. The largest absolute Gasteiger partial charge is 0.351 e. The predicted molar refractivity (Wildman–Crippen MR) is 85.2 cm³/mol. The van der Waals surface area contributed by atoms with E-state index in [1.54, 1.807) is 0 Å². The third kappa shape index (κ3) is 2.82. The van der Waals surface area contributed by atoms with Gasteiger partial charge in [-0.25, -0.2) is 0 Å². The number of fused-ring (bicyclic) bond motifs is 1. The van der Waals surface area contributed by atoms with E-state index in [2.05, 4.69) is 4.98 Å². The lowest BCUT2D eigenvalue weighted by molar-refractivity contribution is 0.0747. The molecule has 1 amide bonds. The number of carbonyl (C=O) groups excluding carboxylic acids is 1. The SMILES string of the molecule is CCN(Cc1ccccc1)C(=O)c1cc2ccccc2[nH]1. The Kier molecular flexibility index (Phi) is 3.73. The highest BCUT2D eigenvalue weighted by molar-refractivity contribution is 5.98. The maximum atomic E-state index is 12.6. The van der Waals surface area contributed by atoms with Crippen molar-refractivity contribution in [1.29, 1.82) is 0 Å². The highest BCUT2D eigenvalue weighted by atomic mass is 16.2. The summed E-state index contributed by atoms with van der Waals surface area (Å²) in [5.41, 5.74) is 2.79. The molecular formula is C18H18N2O. The molecule has 0 spiro atoms. The summed E-state index contributed by atoms with van der Waals surface area (Å²) in [4.78, 5) is 17.7. The van der Waals surface area contributed by atoms with E-state index in [0.717, 1.165) is 16.5 Å². The molecule has 0 radical (unpaired) electrons. The standard InChI is InChI=1S/C18H18N2O/c1-2-20(13-14-8-4-3-5-9-14)18(21)17-12-15-10-6-7-11-16(15)19-17/h3-12,19H,2,13H2,1H3. The first kappa shape index (κ1) is 13.4. The molecule has 3 aromatic rings. The van der Waals surface area contributed by atoms with E-state index >= 15 is 0 Å². The Bertz CT molecular complexity index is 713. The van der Waals surface area contributed by atoms with Crippen LogP contribution in [-0.4, -0.2) is 22.3 Å². The Labute approximate surface area is 124 Å². The Hall–Kier alpha value is -2.55. The number of aromatic amines is 1. The first-order valence-electron chi connectivity index (χ1n) is 7.19. The van der Waals surface area contributed by atoms with Gasteiger partial charge in [0.05, 0.1) is 0 Å². The minimum absolute atomic E-state index is 0.0394. The van der Waals surface area contributed by atoms with Gasteiger partial charge in [-0.05, 0) is 24.6 Å². The van der Waals surface area contributed by atoms with Gasteiger partial charge in [0.25, 0.3) is 5.91 Å². The first-order chi connectivity index (χ1) is 10.3. The van der Waals surface area contributed by atoms with Crippen LogP contribution in [0.25, 0.3) is 10.9 Å². The Morgan fingerprint density at radius 3 is 2.48 bits per heavy atom. The zero-order chi connectivity index (χ0) is 14.7. The number of amides is 1. The number of aromatic nitrogens is 1. The molecule has 2 aromatic carbocycles. The molecule has 0 aliphatic heterocycles. The van der Waals surface area contributed by atoms with Gasteiger partial charge in [-0.2, -0.15) is 0 Å². The van der Waals surface area contributed by atoms with E-state index in [1.165, 1.54) is 0 Å². The molecule has 0 atom stereocenters. The van der Waals surface area contributed by atoms with Gasteiger partial charge in [-0.15, -0.1) is 0 Å². The van der Waals surface area contributed by atoms with Gasteiger partial charge in [-0.3, -0.25) is 4.79 Å². The van der Waals surface area contributed by atoms with Crippen LogP contribution in [0.3, 0.4) is 0 Å². The Balaban J connectivity index is 1.84. The maximum Gasteiger partial charge on any atom is 0.270 e. The summed E-state index contributed by atoms with van der Waals surface area (Å²) < 4.78 is 0. The lowest BCUT2D eigenvalue weighted by atomic mass is 10.2. The fourth-order valence-corrected chi connectivity index (χ4v) is 2.49. The van der Waals surface area contributed by atoms with Gasteiger partial charge in [0.15, 0.2) is 0 Å². The van der Waals surface area contributed by atoms with Crippen molar-refractivity contribution in [3.8, 4) is 0 Å². The molecule has 3 heteroatoms. The molecule has 0 aliphatic carbocycles. The van der Waals surface area contributed by atoms with E-state index in [0.29, 0.717) is 18.8 Å². The summed E-state index contributed by atoms with van der Waals surface area (Å²) in [6, 6.07) is 19.9. The number of H-pyrrole nitrogens is 1. The zero-order valence-electron chi connectivity index (χ0n) is 12.0. The fraction of sp³-hybridized carbons (Fsp3) is 0.167. The fourth-order valence-electron chi connectivity index (χ4n) is 2.49. The number of rotatable bonds is 4. The summed E-state index contributed by atoms with van der Waals surface area (Å²) >= 11 is 0. The second kappa shape index (κ2) is 5.83. The van der Waals surface area contributed by atoms with Crippen LogP contribution in [0.4, 0.5) is 0 Å². The van der Waals surface area contributed by atoms with Crippen molar-refractivity contribution < 1.29 is 4.79 Å². The number of nitrogens with zero attached hydrogens (tertiary/aromatic N) is 1. The Morgan fingerprint density at radius 2 is 1.76 bits per heavy atom. The summed E-state index contributed by atoms with van der Waals surface area (Å²) in [6.45, 7) is 3.32. The number of para-hydroxylation sites is 1. The maximum absolute atomic E-state index is 12.6. The van der Waals surface area contributed by atoms with Gasteiger partial charge < -0.3 is 9.88 Å². The lowest BCUT2D eigenvalue weighted by Gasteiger charge is -2.20. The molecule has 3 rings (SSSR count). The second-order valence-electron chi connectivity index (χ2n) is 5.08. The molecule has 106 valence electrons. The number of nitrogens with one attached hydrogen (secondary N) is 1. The van der Waals surface area contributed by atoms with Crippen LogP contribution in [0.15, 0.2) is 60.7 Å². The molecule has 0 unspecified atom stereocenters. The number of hydrogen-bond acceptors (Lipinski definition) is 1. The molecule has 0 saturated heterocycles. The summed E-state index contributed by atoms with van der Waals surface area (Å²) in [6.07, 6.45) is 0. The van der Waals surface area contributed by atoms with Gasteiger partial charge in [0.2, 0.25) is 0 Å². The molecule has 0 aliphatic rings. The molecule has 3 nitrogen and oxygen atoms in total. The summed E-state index contributed by atoms with van der Waals surface area (Å²) in [5.74, 6) is 0.0394. The molecule has 0 saturated carbocycles. The monoisotopic (exact) mass is 278 g/mol. The van der Waals surface area contributed by atoms with E-state index in [-0.39, 0.29) is 5.91 Å². The third-order valence-corrected chi connectivity index (χ3v) is 3.65. The Morgan fingerprint density at radius 1 is 1.05 bits per heavy atom. The van der Waals surface area contributed by atoms with Crippen molar-refractivity contribution in [3.05, 3.63) is 71.9 Å². The van der Waals surface area contributed by atoms with Crippen LogP contribution in [0.5, 0.6) is 0 Å². The second-order valence-corrected chi connectivity index (χ2v) is 5.08. The van der Waals surface area contributed by atoms with Crippen LogP contribution in [0.1, 0.15) is 23.0 Å². The smallest absolute Gasteiger partial charge is 0.270 e. The zero-order valence-corrected chi connectivity index (χ0v) is 12.0. The average molecular weight is 278 g/mol. The van der Waals surface area contributed by atoms with Crippen LogP contribution in [0, 0.1) is 0 Å². The molecule has 0 bridgehead atoms. The quantitative estimate of drug-likeness (QED) is 0.773. The molecule has 1 aromatic heterocycles. The minimum atomic E-state index is 0.0394. The van der Waals surface area contributed by atoms with Crippen molar-refractivity contribution in [2.45, 2.75) is 13.5 Å². The van der Waals surface area contributed by atoms with Crippen molar-refractivity contribution in [2.24, 2.45) is 0 Å². The lowest BCUT2D eigenvalue weighted by Crippen LogP contribution is -2.30. The molecule has 0 fully saturated rings. The van der Waals surface area contributed by atoms with Gasteiger partial charge in [0.1, 0.15) is 5.69 Å². The van der Waals surface area contributed by atoms with Crippen molar-refractivity contribution >= 4 is 16.8 Å². The van der Waals surface area contributed by atoms with Crippen molar-refractivity contribution in [3.63, 3.8) is 0 Å². The van der Waals surface area contributed by atoms with Crippen LogP contribution >= 0.6 is 0 Å². The van der Waals surface area contributed by atoms with Gasteiger partial charge in [-0.1, -0.05) is 48.5 Å². The topological polar surface area (TPSA) is 36.1 Å². The third-order valence-electron chi connectivity index (χ3n) is 3.65. The van der Waals surface area contributed by atoms with Gasteiger partial charge in [0, 0.05) is 24.0 Å². The number of hydrogen-bond donors (Lipinski definition) is 1. The van der Waals surface area contributed by atoms with Crippen LogP contribution in [-0.2, 0) is 6.54 Å². The highest BCUT2D eigenvalue weighted by Crippen LogP contribution is 2.17. The molecule has 1 N–H and O–H groups in total. The minimum Gasteiger partial charge on any atom is -0.351 e. The first-order valence-corrected chi connectivity index (χ1v) is 7.19. The average Bonchev–Trinajstić information content (AvgIpc) is 2.97. The summed E-state index contributed by atoms with van der Waals surface area (Å²) in [7, 11) is 0. The molecule has 21 heavy (non-hydrogen) atoms. The number of carbonyl (C=O) groups is 1. The normalized spacial score (nSPS) is 10.7. The predicted octanol–water partition coefficient (Wildman–Crippen LogP) is 3.83. The number of benzene rings is 2. The molecule has 1 heterocycles. The van der Waals surface area contributed by atoms with Crippen molar-refractivity contribution in [2.75, 3.05) is 6.54 Å². The molecular weight excluding hydrogens is 260 g/mol.